The molecule has 0 atom stereocenters. The van der Waals surface area contributed by atoms with E-state index in [2.05, 4.69) is 11.8 Å². The molecule has 1 saturated heterocycles. The van der Waals surface area contributed by atoms with E-state index in [0.717, 1.165) is 32.5 Å². The molecule has 0 radical (unpaired) electrons. The number of rotatable bonds is 8. The van der Waals surface area contributed by atoms with Crippen molar-refractivity contribution in [2.24, 2.45) is 0 Å². The van der Waals surface area contributed by atoms with Crippen LogP contribution in [-0.4, -0.2) is 63.0 Å². The van der Waals surface area contributed by atoms with Gasteiger partial charge in [-0.25, -0.2) is 4.79 Å². The molecule has 1 aliphatic heterocycles. The van der Waals surface area contributed by atoms with Crippen LogP contribution < -0.4 is 0 Å². The Balaban J connectivity index is 1.94. The van der Waals surface area contributed by atoms with Gasteiger partial charge in [0.15, 0.2) is 0 Å². The molecule has 1 fully saturated rings. The van der Waals surface area contributed by atoms with Gasteiger partial charge in [0.1, 0.15) is 6.61 Å². The molecule has 106 valence electrons. The molecule has 0 aromatic heterocycles. The van der Waals surface area contributed by atoms with Gasteiger partial charge in [-0.15, -0.1) is 0 Å². The fourth-order valence-corrected chi connectivity index (χ4v) is 2.02. The van der Waals surface area contributed by atoms with Crippen molar-refractivity contribution in [1.82, 2.24) is 4.90 Å². The quantitative estimate of drug-likeness (QED) is 0.482. The standard InChI is InChI=1S/C13H25NO4/c1-3-14-7-5-12(6-8-14)18-10-9-16-11-13(15)17-4-2/h12H,3-11H2,1-2H3. The van der Waals surface area contributed by atoms with E-state index in [0.29, 0.717) is 25.9 Å². The normalized spacial score (nSPS) is 17.9. The smallest absolute Gasteiger partial charge is 0.332 e. The number of carbonyl (C=O) groups excluding carboxylic acids is 1. The summed E-state index contributed by atoms with van der Waals surface area (Å²) in [6, 6.07) is 0. The van der Waals surface area contributed by atoms with Gasteiger partial charge in [0.2, 0.25) is 0 Å². The highest BCUT2D eigenvalue weighted by atomic mass is 16.6. The number of esters is 1. The van der Waals surface area contributed by atoms with Gasteiger partial charge < -0.3 is 19.1 Å². The number of carbonyl (C=O) groups is 1. The molecule has 5 nitrogen and oxygen atoms in total. The molecule has 0 aliphatic carbocycles. The lowest BCUT2D eigenvalue weighted by molar-refractivity contribution is -0.149. The van der Waals surface area contributed by atoms with Crippen LogP contribution in [0.3, 0.4) is 0 Å². The third-order valence-electron chi connectivity index (χ3n) is 3.09. The van der Waals surface area contributed by atoms with E-state index in [1.165, 1.54) is 0 Å². The summed E-state index contributed by atoms with van der Waals surface area (Å²) in [4.78, 5) is 13.4. The Kier molecular flexibility index (Phi) is 7.96. The van der Waals surface area contributed by atoms with E-state index in [-0.39, 0.29) is 12.6 Å². The molecule has 0 saturated carbocycles. The first kappa shape index (κ1) is 15.4. The summed E-state index contributed by atoms with van der Waals surface area (Å²) in [5.74, 6) is -0.311. The fourth-order valence-electron chi connectivity index (χ4n) is 2.02. The van der Waals surface area contributed by atoms with Gasteiger partial charge in [-0.1, -0.05) is 6.92 Å². The Bertz CT molecular complexity index is 227. The number of hydrogen-bond acceptors (Lipinski definition) is 5. The van der Waals surface area contributed by atoms with E-state index in [4.69, 9.17) is 14.2 Å². The van der Waals surface area contributed by atoms with Gasteiger partial charge >= 0.3 is 5.97 Å². The summed E-state index contributed by atoms with van der Waals surface area (Å²) >= 11 is 0. The van der Waals surface area contributed by atoms with Crippen molar-refractivity contribution in [1.29, 1.82) is 0 Å². The van der Waals surface area contributed by atoms with E-state index < -0.39 is 0 Å². The maximum Gasteiger partial charge on any atom is 0.332 e. The minimum absolute atomic E-state index is 0.0193. The summed E-state index contributed by atoms with van der Waals surface area (Å²) in [7, 11) is 0. The minimum Gasteiger partial charge on any atom is -0.464 e. The first-order valence-electron chi connectivity index (χ1n) is 6.83. The molecule has 1 rings (SSSR count). The Hall–Kier alpha value is -0.650. The number of piperidine rings is 1. The second kappa shape index (κ2) is 9.30. The minimum atomic E-state index is -0.311. The number of nitrogens with zero attached hydrogens (tertiary/aromatic N) is 1. The average Bonchev–Trinajstić information content (AvgIpc) is 2.39. The Morgan fingerprint density at radius 3 is 2.56 bits per heavy atom. The monoisotopic (exact) mass is 259 g/mol. The number of ether oxygens (including phenoxy) is 3. The highest BCUT2D eigenvalue weighted by Gasteiger charge is 2.18. The van der Waals surface area contributed by atoms with Crippen molar-refractivity contribution in [2.45, 2.75) is 32.8 Å². The van der Waals surface area contributed by atoms with E-state index >= 15 is 0 Å². The second-order valence-electron chi connectivity index (χ2n) is 4.36. The van der Waals surface area contributed by atoms with Crippen LogP contribution in [0.5, 0.6) is 0 Å². The fraction of sp³-hybridized carbons (Fsp3) is 0.923. The van der Waals surface area contributed by atoms with E-state index in [1.807, 2.05) is 0 Å². The molecular weight excluding hydrogens is 234 g/mol. The average molecular weight is 259 g/mol. The van der Waals surface area contributed by atoms with E-state index in [1.54, 1.807) is 6.92 Å². The number of likely N-dealkylation sites (tertiary alicyclic amines) is 1. The molecule has 18 heavy (non-hydrogen) atoms. The van der Waals surface area contributed by atoms with Crippen molar-refractivity contribution < 1.29 is 19.0 Å². The van der Waals surface area contributed by atoms with Crippen LogP contribution in [-0.2, 0) is 19.0 Å². The molecule has 0 aromatic rings. The van der Waals surface area contributed by atoms with Gasteiger partial charge in [0.25, 0.3) is 0 Å². The second-order valence-corrected chi connectivity index (χ2v) is 4.36. The third-order valence-corrected chi connectivity index (χ3v) is 3.09. The molecule has 0 unspecified atom stereocenters. The Morgan fingerprint density at radius 1 is 1.22 bits per heavy atom. The SMILES string of the molecule is CCOC(=O)COCCOC1CCN(CC)CC1. The summed E-state index contributed by atoms with van der Waals surface area (Å²) in [6.45, 7) is 8.74. The molecule has 0 aromatic carbocycles. The molecule has 1 aliphatic rings. The van der Waals surface area contributed by atoms with Crippen molar-refractivity contribution in [3.05, 3.63) is 0 Å². The van der Waals surface area contributed by atoms with Crippen LogP contribution in [0.4, 0.5) is 0 Å². The lowest BCUT2D eigenvalue weighted by atomic mass is 10.1. The maximum atomic E-state index is 11.0. The van der Waals surface area contributed by atoms with Gasteiger partial charge in [-0.2, -0.15) is 0 Å². The first-order chi connectivity index (χ1) is 8.76. The van der Waals surface area contributed by atoms with Gasteiger partial charge in [0, 0.05) is 13.1 Å². The zero-order chi connectivity index (χ0) is 13.2. The molecule has 5 heteroatoms. The van der Waals surface area contributed by atoms with Crippen LogP contribution in [0.15, 0.2) is 0 Å². The summed E-state index contributed by atoms with van der Waals surface area (Å²) in [5.41, 5.74) is 0. The summed E-state index contributed by atoms with van der Waals surface area (Å²) in [6.07, 6.45) is 2.52. The zero-order valence-electron chi connectivity index (χ0n) is 11.5. The predicted octanol–water partition coefficient (Wildman–Crippen LogP) is 1.07. The van der Waals surface area contributed by atoms with Crippen LogP contribution >= 0.6 is 0 Å². The highest BCUT2D eigenvalue weighted by molar-refractivity contribution is 5.70. The van der Waals surface area contributed by atoms with Crippen molar-refractivity contribution >= 4 is 5.97 Å². The topological polar surface area (TPSA) is 48.0 Å². The van der Waals surface area contributed by atoms with Crippen molar-refractivity contribution in [3.63, 3.8) is 0 Å². The molecule has 0 spiro atoms. The van der Waals surface area contributed by atoms with Crippen LogP contribution in [0.2, 0.25) is 0 Å². The molecule has 0 bridgehead atoms. The van der Waals surface area contributed by atoms with Gasteiger partial charge in [0.05, 0.1) is 25.9 Å². The van der Waals surface area contributed by atoms with E-state index in [9.17, 15) is 4.79 Å². The predicted molar refractivity (Wildman–Crippen MR) is 68.5 cm³/mol. The molecule has 0 amide bonds. The van der Waals surface area contributed by atoms with Crippen LogP contribution in [0.1, 0.15) is 26.7 Å². The lowest BCUT2D eigenvalue weighted by Crippen LogP contribution is -2.37. The summed E-state index contributed by atoms with van der Waals surface area (Å²) in [5, 5.41) is 0. The van der Waals surface area contributed by atoms with Gasteiger partial charge in [-0.05, 0) is 26.3 Å². The van der Waals surface area contributed by atoms with Crippen molar-refractivity contribution in [2.75, 3.05) is 46.1 Å². The van der Waals surface area contributed by atoms with Crippen LogP contribution in [0, 0.1) is 0 Å². The Labute approximate surface area is 109 Å². The lowest BCUT2D eigenvalue weighted by Gasteiger charge is -2.30. The molecular formula is C13H25NO4. The number of hydrogen-bond donors (Lipinski definition) is 0. The third kappa shape index (κ3) is 6.33. The van der Waals surface area contributed by atoms with Gasteiger partial charge in [-0.3, -0.25) is 0 Å². The maximum absolute atomic E-state index is 11.0. The highest BCUT2D eigenvalue weighted by Crippen LogP contribution is 2.12. The molecule has 1 heterocycles. The summed E-state index contributed by atoms with van der Waals surface area (Å²) < 4.78 is 15.6. The Morgan fingerprint density at radius 2 is 1.94 bits per heavy atom. The largest absolute Gasteiger partial charge is 0.464 e. The molecule has 0 N–H and O–H groups in total. The first-order valence-corrected chi connectivity index (χ1v) is 6.83. The van der Waals surface area contributed by atoms with Crippen molar-refractivity contribution in [3.8, 4) is 0 Å². The zero-order valence-corrected chi connectivity index (χ0v) is 11.5. The van der Waals surface area contributed by atoms with Crippen LogP contribution in [0.25, 0.3) is 0 Å².